The molecular weight excluding hydrogens is 395 g/mol. The Labute approximate surface area is 180 Å². The zero-order chi connectivity index (χ0) is 18.0. The first-order chi connectivity index (χ1) is 12.7. The second-order valence-corrected chi connectivity index (χ2v) is 8.16. The van der Waals surface area contributed by atoms with Gasteiger partial charge in [-0.25, -0.2) is 0 Å². The minimum Gasteiger partial charge on any atom is -0.361 e. The maximum atomic E-state index is 5.60. The normalized spacial score (nSPS) is 18.1. The number of likely N-dealkylation sites (N-methyl/N-ethyl adjacent to an activating group) is 1. The number of rotatable bonds is 5. The van der Waals surface area contributed by atoms with Gasteiger partial charge < -0.3 is 9.84 Å². The third-order valence-electron chi connectivity index (χ3n) is 6.04. The van der Waals surface area contributed by atoms with Crippen molar-refractivity contribution >= 4 is 24.8 Å². The Morgan fingerprint density at radius 1 is 1.14 bits per heavy atom. The zero-order valence-corrected chi connectivity index (χ0v) is 18.5. The minimum atomic E-state index is 0. The molecule has 0 radical (unpaired) electrons. The van der Waals surface area contributed by atoms with Crippen LogP contribution >= 0.6 is 24.8 Å². The van der Waals surface area contributed by atoms with Crippen LogP contribution in [0.1, 0.15) is 54.0 Å². The van der Waals surface area contributed by atoms with Crippen LogP contribution in [0.25, 0.3) is 0 Å². The third-order valence-corrected chi connectivity index (χ3v) is 6.04. The highest BCUT2D eigenvalue weighted by atomic mass is 35.5. The van der Waals surface area contributed by atoms with Gasteiger partial charge in [0.1, 0.15) is 11.5 Å². The second kappa shape index (κ2) is 10.1. The lowest BCUT2D eigenvalue weighted by molar-refractivity contribution is 0.188. The molecule has 156 valence electrons. The smallest absolute Gasteiger partial charge is 0.140 e. The molecule has 5 nitrogen and oxygen atoms in total. The number of halogens is 2. The number of fused-ring (bicyclic) bond motifs is 1. The standard InChI is InChI=1S/C21H30N4O.2ClH/c1-16-7-8-20(23-13-16)21(9-11-22-12-10-21)15-25(2)14-18-17-5-3-4-6-19(17)26-24-18;;/h7-8,13,22H,3-6,9-12,14-15H2,1-2H3;2*1H. The van der Waals surface area contributed by atoms with Crippen molar-refractivity contribution in [3.8, 4) is 0 Å². The lowest BCUT2D eigenvalue weighted by atomic mass is 9.75. The Hall–Kier alpha value is -1.14. The van der Waals surface area contributed by atoms with Gasteiger partial charge in [0, 0.05) is 42.4 Å². The van der Waals surface area contributed by atoms with E-state index >= 15 is 0 Å². The lowest BCUT2D eigenvalue weighted by Crippen LogP contribution is -2.47. The van der Waals surface area contributed by atoms with E-state index in [1.807, 2.05) is 6.20 Å². The molecule has 0 unspecified atom stereocenters. The highest BCUT2D eigenvalue weighted by Gasteiger charge is 2.36. The SMILES string of the molecule is Cc1ccc(C2(CN(C)Cc3noc4c3CCCC4)CCNCC2)nc1.Cl.Cl. The highest BCUT2D eigenvalue weighted by Crippen LogP contribution is 2.34. The number of hydrogen-bond donors (Lipinski definition) is 1. The Morgan fingerprint density at radius 2 is 1.89 bits per heavy atom. The molecule has 1 aliphatic carbocycles. The van der Waals surface area contributed by atoms with Gasteiger partial charge in [0.05, 0.1) is 0 Å². The predicted octanol–water partition coefficient (Wildman–Crippen LogP) is 3.85. The van der Waals surface area contributed by atoms with Gasteiger partial charge in [-0.2, -0.15) is 0 Å². The summed E-state index contributed by atoms with van der Waals surface area (Å²) in [5.41, 5.74) is 5.09. The van der Waals surface area contributed by atoms with E-state index in [0.717, 1.165) is 63.3 Å². The maximum absolute atomic E-state index is 5.60. The summed E-state index contributed by atoms with van der Waals surface area (Å²) in [7, 11) is 2.21. The van der Waals surface area contributed by atoms with Crippen molar-refractivity contribution in [2.24, 2.45) is 0 Å². The fourth-order valence-electron chi connectivity index (χ4n) is 4.58. The summed E-state index contributed by atoms with van der Waals surface area (Å²) in [6.07, 6.45) is 8.92. The summed E-state index contributed by atoms with van der Waals surface area (Å²) in [5, 5.41) is 7.90. The summed E-state index contributed by atoms with van der Waals surface area (Å²) in [5.74, 6) is 1.12. The van der Waals surface area contributed by atoms with Crippen LogP contribution in [0, 0.1) is 6.92 Å². The van der Waals surface area contributed by atoms with Gasteiger partial charge in [-0.05, 0) is 70.8 Å². The predicted molar refractivity (Wildman–Crippen MR) is 117 cm³/mol. The molecule has 0 atom stereocenters. The molecule has 1 fully saturated rings. The first-order valence-corrected chi connectivity index (χ1v) is 9.95. The molecule has 0 saturated carbocycles. The molecule has 0 aromatic carbocycles. The van der Waals surface area contributed by atoms with E-state index in [0.29, 0.717) is 0 Å². The third kappa shape index (κ3) is 4.88. The lowest BCUT2D eigenvalue weighted by Gasteiger charge is -2.40. The van der Waals surface area contributed by atoms with E-state index < -0.39 is 0 Å². The fraction of sp³-hybridized carbons (Fsp3) is 0.619. The Bertz CT molecular complexity index is 741. The van der Waals surface area contributed by atoms with E-state index in [-0.39, 0.29) is 30.2 Å². The van der Waals surface area contributed by atoms with Gasteiger partial charge >= 0.3 is 0 Å². The van der Waals surface area contributed by atoms with Crippen molar-refractivity contribution in [2.45, 2.75) is 57.4 Å². The van der Waals surface area contributed by atoms with Crippen molar-refractivity contribution in [2.75, 3.05) is 26.7 Å². The second-order valence-electron chi connectivity index (χ2n) is 8.16. The summed E-state index contributed by atoms with van der Waals surface area (Å²) < 4.78 is 5.60. The van der Waals surface area contributed by atoms with Gasteiger partial charge in [-0.1, -0.05) is 11.2 Å². The fourth-order valence-corrected chi connectivity index (χ4v) is 4.58. The van der Waals surface area contributed by atoms with Crippen LogP contribution in [-0.2, 0) is 24.8 Å². The van der Waals surface area contributed by atoms with Crippen LogP contribution in [0.3, 0.4) is 0 Å². The number of nitrogens with one attached hydrogen (secondary N) is 1. The molecule has 7 heteroatoms. The molecule has 4 rings (SSSR count). The summed E-state index contributed by atoms with van der Waals surface area (Å²) in [6, 6.07) is 4.42. The van der Waals surface area contributed by atoms with Crippen molar-refractivity contribution in [3.05, 3.63) is 46.6 Å². The average molecular weight is 427 g/mol. The molecule has 3 heterocycles. The number of aromatic nitrogens is 2. The number of nitrogens with zero attached hydrogens (tertiary/aromatic N) is 3. The average Bonchev–Trinajstić information content (AvgIpc) is 3.06. The Balaban J connectivity index is 0.00000140. The van der Waals surface area contributed by atoms with Crippen LogP contribution < -0.4 is 5.32 Å². The van der Waals surface area contributed by atoms with Gasteiger partial charge in [0.15, 0.2) is 0 Å². The quantitative estimate of drug-likeness (QED) is 0.786. The zero-order valence-electron chi connectivity index (χ0n) is 16.9. The molecule has 1 N–H and O–H groups in total. The van der Waals surface area contributed by atoms with Gasteiger partial charge in [0.2, 0.25) is 0 Å². The van der Waals surface area contributed by atoms with Crippen molar-refractivity contribution in [1.82, 2.24) is 20.4 Å². The molecule has 1 saturated heterocycles. The molecule has 2 aromatic rings. The number of pyridine rings is 1. The van der Waals surface area contributed by atoms with Crippen LogP contribution in [0.2, 0.25) is 0 Å². The maximum Gasteiger partial charge on any atom is 0.140 e. The van der Waals surface area contributed by atoms with Gasteiger partial charge in [-0.3, -0.25) is 9.88 Å². The molecular formula is C21H32Cl2N4O. The minimum absolute atomic E-state index is 0. The summed E-state index contributed by atoms with van der Waals surface area (Å²) in [4.78, 5) is 7.22. The van der Waals surface area contributed by atoms with E-state index in [4.69, 9.17) is 9.51 Å². The molecule has 0 amide bonds. The summed E-state index contributed by atoms with van der Waals surface area (Å²) >= 11 is 0. The molecule has 0 spiro atoms. The van der Waals surface area contributed by atoms with Crippen LogP contribution in [0.15, 0.2) is 22.9 Å². The van der Waals surface area contributed by atoms with Crippen molar-refractivity contribution in [3.63, 3.8) is 0 Å². The number of piperidine rings is 1. The largest absolute Gasteiger partial charge is 0.361 e. The highest BCUT2D eigenvalue weighted by molar-refractivity contribution is 5.85. The first-order valence-electron chi connectivity index (χ1n) is 9.95. The van der Waals surface area contributed by atoms with Crippen molar-refractivity contribution < 1.29 is 4.52 Å². The van der Waals surface area contributed by atoms with E-state index in [1.165, 1.54) is 29.7 Å². The molecule has 2 aromatic heterocycles. The van der Waals surface area contributed by atoms with Crippen LogP contribution in [0.4, 0.5) is 0 Å². The van der Waals surface area contributed by atoms with Crippen LogP contribution in [0.5, 0.6) is 0 Å². The molecule has 0 bridgehead atoms. The van der Waals surface area contributed by atoms with Crippen molar-refractivity contribution in [1.29, 1.82) is 0 Å². The van der Waals surface area contributed by atoms with E-state index in [9.17, 15) is 0 Å². The summed E-state index contributed by atoms with van der Waals surface area (Å²) in [6.45, 7) is 6.09. The van der Waals surface area contributed by atoms with Crippen LogP contribution in [-0.4, -0.2) is 41.7 Å². The number of hydrogen-bond acceptors (Lipinski definition) is 5. The van der Waals surface area contributed by atoms with E-state index in [1.54, 1.807) is 0 Å². The molecule has 2 aliphatic rings. The molecule has 1 aliphatic heterocycles. The first kappa shape index (κ1) is 23.1. The van der Waals surface area contributed by atoms with Gasteiger partial charge in [-0.15, -0.1) is 24.8 Å². The number of aryl methyl sites for hydroxylation is 2. The van der Waals surface area contributed by atoms with E-state index in [2.05, 4.69) is 41.5 Å². The molecule has 28 heavy (non-hydrogen) atoms. The topological polar surface area (TPSA) is 54.2 Å². The Kier molecular flexibility index (Phi) is 8.31. The van der Waals surface area contributed by atoms with Gasteiger partial charge in [0.25, 0.3) is 0 Å². The monoisotopic (exact) mass is 426 g/mol. The Morgan fingerprint density at radius 3 is 2.61 bits per heavy atom.